The minimum atomic E-state index is 1.11. The molecule has 0 saturated carbocycles. The van der Waals surface area contributed by atoms with E-state index < -0.39 is 0 Å². The molecular weight excluding hydrogens is 168 g/mol. The standard InChI is InChI=1S/C14H22/c1-3-5-7-9-11-13-14-12-10-8-6-4-2/h3,5-6,8,10,12-14H,4,7,9,11H2,1-2H3. The molecule has 0 heteroatoms. The van der Waals surface area contributed by atoms with Crippen LogP contribution in [0.25, 0.3) is 0 Å². The summed E-state index contributed by atoms with van der Waals surface area (Å²) in [6.45, 7) is 4.21. The maximum atomic E-state index is 2.22. The maximum Gasteiger partial charge on any atom is -0.0345 e. The highest BCUT2D eigenvalue weighted by atomic mass is 13.8. The average Bonchev–Trinajstić information content (AvgIpc) is 2.21. The van der Waals surface area contributed by atoms with Crippen molar-refractivity contribution < 1.29 is 0 Å². The highest BCUT2D eigenvalue weighted by Crippen LogP contribution is 1.97. The van der Waals surface area contributed by atoms with Gasteiger partial charge in [-0.25, -0.2) is 0 Å². The summed E-state index contributed by atoms with van der Waals surface area (Å²) in [6.07, 6.45) is 21.8. The van der Waals surface area contributed by atoms with E-state index in [0.717, 1.165) is 6.42 Å². The third kappa shape index (κ3) is 11.0. The Labute approximate surface area is 88.7 Å². The van der Waals surface area contributed by atoms with Gasteiger partial charge in [-0.2, -0.15) is 0 Å². The van der Waals surface area contributed by atoms with Crippen molar-refractivity contribution >= 4 is 0 Å². The molecule has 0 rings (SSSR count). The topological polar surface area (TPSA) is 0 Å². The largest absolute Gasteiger partial charge is 0.0917 e. The second-order valence-corrected chi connectivity index (χ2v) is 3.15. The molecule has 0 heterocycles. The molecule has 0 nitrogen and oxygen atoms in total. The van der Waals surface area contributed by atoms with Crippen LogP contribution in [0.3, 0.4) is 0 Å². The first-order valence-corrected chi connectivity index (χ1v) is 5.51. The Morgan fingerprint density at radius 3 is 2.07 bits per heavy atom. The van der Waals surface area contributed by atoms with Crippen molar-refractivity contribution in [3.8, 4) is 0 Å². The third-order valence-corrected chi connectivity index (χ3v) is 1.82. The Morgan fingerprint density at radius 1 is 0.786 bits per heavy atom. The van der Waals surface area contributed by atoms with Crippen molar-refractivity contribution in [2.45, 2.75) is 39.5 Å². The summed E-state index contributed by atoms with van der Waals surface area (Å²) < 4.78 is 0. The number of hydrogen-bond acceptors (Lipinski definition) is 0. The molecule has 0 unspecified atom stereocenters. The van der Waals surface area contributed by atoms with Gasteiger partial charge in [-0.05, 0) is 32.6 Å². The van der Waals surface area contributed by atoms with Crippen LogP contribution in [-0.4, -0.2) is 0 Å². The van der Waals surface area contributed by atoms with Crippen molar-refractivity contribution in [1.82, 2.24) is 0 Å². The third-order valence-electron chi connectivity index (χ3n) is 1.82. The lowest BCUT2D eigenvalue weighted by Crippen LogP contribution is -1.67. The zero-order valence-electron chi connectivity index (χ0n) is 9.45. The van der Waals surface area contributed by atoms with Gasteiger partial charge in [0.15, 0.2) is 0 Å². The Morgan fingerprint density at radius 2 is 1.43 bits per heavy atom. The highest BCUT2D eigenvalue weighted by Gasteiger charge is 1.77. The van der Waals surface area contributed by atoms with Gasteiger partial charge >= 0.3 is 0 Å². The van der Waals surface area contributed by atoms with Gasteiger partial charge in [0.25, 0.3) is 0 Å². The Hall–Kier alpha value is -1.04. The van der Waals surface area contributed by atoms with Crippen molar-refractivity contribution in [3.63, 3.8) is 0 Å². The Balaban J connectivity index is 3.35. The van der Waals surface area contributed by atoms with Crippen LogP contribution in [0.4, 0.5) is 0 Å². The van der Waals surface area contributed by atoms with E-state index in [9.17, 15) is 0 Å². The van der Waals surface area contributed by atoms with E-state index in [1.807, 2.05) is 0 Å². The van der Waals surface area contributed by atoms with Gasteiger partial charge in [0.05, 0.1) is 0 Å². The van der Waals surface area contributed by atoms with Gasteiger partial charge in [0.2, 0.25) is 0 Å². The van der Waals surface area contributed by atoms with Crippen molar-refractivity contribution in [3.05, 3.63) is 48.6 Å². The van der Waals surface area contributed by atoms with Crippen LogP contribution in [0.15, 0.2) is 48.6 Å². The van der Waals surface area contributed by atoms with E-state index in [4.69, 9.17) is 0 Å². The summed E-state index contributed by atoms with van der Waals surface area (Å²) in [5.74, 6) is 0. The van der Waals surface area contributed by atoms with Gasteiger partial charge < -0.3 is 0 Å². The van der Waals surface area contributed by atoms with E-state index in [2.05, 4.69) is 62.5 Å². The molecule has 0 aliphatic carbocycles. The molecule has 0 saturated heterocycles. The van der Waals surface area contributed by atoms with Crippen molar-refractivity contribution in [1.29, 1.82) is 0 Å². The van der Waals surface area contributed by atoms with E-state index in [1.54, 1.807) is 0 Å². The molecule has 0 fully saturated rings. The normalized spacial score (nSPS) is 13.0. The summed E-state index contributed by atoms with van der Waals surface area (Å²) in [4.78, 5) is 0. The lowest BCUT2D eigenvalue weighted by atomic mass is 10.2. The molecule has 0 atom stereocenters. The molecule has 0 bridgehead atoms. The minimum absolute atomic E-state index is 1.11. The monoisotopic (exact) mass is 190 g/mol. The van der Waals surface area contributed by atoms with Crippen LogP contribution in [-0.2, 0) is 0 Å². The first kappa shape index (κ1) is 13.0. The quantitative estimate of drug-likeness (QED) is 0.307. The van der Waals surface area contributed by atoms with Crippen molar-refractivity contribution in [2.75, 3.05) is 0 Å². The maximum absolute atomic E-state index is 2.22. The minimum Gasteiger partial charge on any atom is -0.0917 e. The number of hydrogen-bond donors (Lipinski definition) is 0. The molecule has 78 valence electrons. The van der Waals surface area contributed by atoms with Crippen LogP contribution in [0.5, 0.6) is 0 Å². The number of rotatable bonds is 7. The molecule has 0 aromatic heterocycles. The summed E-state index contributed by atoms with van der Waals surface area (Å²) in [5.41, 5.74) is 0. The number of allylic oxidation sites excluding steroid dienone is 8. The molecule has 0 amide bonds. The summed E-state index contributed by atoms with van der Waals surface area (Å²) in [7, 11) is 0. The van der Waals surface area contributed by atoms with Gasteiger partial charge in [-0.15, -0.1) is 0 Å². The molecule has 14 heavy (non-hydrogen) atoms. The fourth-order valence-electron chi connectivity index (χ4n) is 1.04. The van der Waals surface area contributed by atoms with Gasteiger partial charge in [0.1, 0.15) is 0 Å². The fourth-order valence-corrected chi connectivity index (χ4v) is 1.04. The molecule has 0 aromatic rings. The molecular formula is C14H22. The van der Waals surface area contributed by atoms with Gasteiger partial charge in [0, 0.05) is 0 Å². The smallest absolute Gasteiger partial charge is 0.0345 e. The summed E-state index contributed by atoms with van der Waals surface area (Å²) in [5, 5.41) is 0. The van der Waals surface area contributed by atoms with E-state index >= 15 is 0 Å². The fraction of sp³-hybridized carbons (Fsp3) is 0.429. The second-order valence-electron chi connectivity index (χ2n) is 3.15. The predicted octanol–water partition coefficient (Wildman–Crippen LogP) is 4.81. The first-order valence-electron chi connectivity index (χ1n) is 5.51. The lowest BCUT2D eigenvalue weighted by Gasteiger charge is -1.87. The molecule has 0 N–H and O–H groups in total. The molecule has 0 aliphatic rings. The highest BCUT2D eigenvalue weighted by molar-refractivity contribution is 5.10. The lowest BCUT2D eigenvalue weighted by molar-refractivity contribution is 0.867. The zero-order valence-corrected chi connectivity index (χ0v) is 9.45. The van der Waals surface area contributed by atoms with E-state index in [1.165, 1.54) is 19.3 Å². The molecule has 0 spiro atoms. The first-order chi connectivity index (χ1) is 6.91. The van der Waals surface area contributed by atoms with Crippen molar-refractivity contribution in [2.24, 2.45) is 0 Å². The van der Waals surface area contributed by atoms with Crippen LogP contribution >= 0.6 is 0 Å². The molecule has 0 radical (unpaired) electrons. The summed E-state index contributed by atoms with van der Waals surface area (Å²) >= 11 is 0. The second kappa shape index (κ2) is 12.0. The van der Waals surface area contributed by atoms with E-state index in [-0.39, 0.29) is 0 Å². The Kier molecular flexibility index (Phi) is 11.1. The van der Waals surface area contributed by atoms with Gasteiger partial charge in [-0.3, -0.25) is 0 Å². The van der Waals surface area contributed by atoms with Crippen LogP contribution in [0, 0.1) is 0 Å². The zero-order chi connectivity index (χ0) is 10.5. The predicted molar refractivity (Wildman–Crippen MR) is 66.4 cm³/mol. The Bertz CT molecular complexity index is 204. The van der Waals surface area contributed by atoms with E-state index in [0.29, 0.717) is 0 Å². The SMILES string of the molecule is CC=CCCCC=CC=CC=CCC. The average molecular weight is 190 g/mol. The van der Waals surface area contributed by atoms with Gasteiger partial charge in [-0.1, -0.05) is 55.5 Å². The molecule has 0 aliphatic heterocycles. The van der Waals surface area contributed by atoms with Crippen LogP contribution < -0.4 is 0 Å². The summed E-state index contributed by atoms with van der Waals surface area (Å²) in [6, 6.07) is 0. The number of unbranched alkanes of at least 4 members (excludes halogenated alkanes) is 2. The molecule has 0 aromatic carbocycles. The van der Waals surface area contributed by atoms with Crippen LogP contribution in [0.1, 0.15) is 39.5 Å². The van der Waals surface area contributed by atoms with Crippen LogP contribution in [0.2, 0.25) is 0 Å².